The van der Waals surface area contributed by atoms with E-state index < -0.39 is 35.7 Å². The molecule has 1 aliphatic rings. The molecular weight excluding hydrogens is 478 g/mol. The first-order valence-electron chi connectivity index (χ1n) is 9.74. The first-order chi connectivity index (χ1) is 16.5. The molecule has 0 aliphatic carbocycles. The number of nitrogens with zero attached hydrogens (tertiary/aromatic N) is 1. The second-order valence-electron chi connectivity index (χ2n) is 6.97. The van der Waals surface area contributed by atoms with Crippen molar-refractivity contribution in [1.82, 2.24) is 4.98 Å². The quantitative estimate of drug-likeness (QED) is 0.366. The number of pyridine rings is 1. The highest BCUT2D eigenvalue weighted by atomic mass is 19.3. The van der Waals surface area contributed by atoms with Crippen LogP contribution in [0.1, 0.15) is 16.1 Å². The molecule has 35 heavy (non-hydrogen) atoms. The van der Waals surface area contributed by atoms with Gasteiger partial charge in [0.05, 0.1) is 12.7 Å². The van der Waals surface area contributed by atoms with Gasteiger partial charge < -0.3 is 24.8 Å². The molecule has 2 N–H and O–H groups in total. The molecule has 9 nitrogen and oxygen atoms in total. The zero-order chi connectivity index (χ0) is 25.2. The summed E-state index contributed by atoms with van der Waals surface area (Å²) in [5, 5.41) is 4.79. The number of hydrogen-bond donors (Lipinski definition) is 2. The Bertz CT molecular complexity index is 1270. The summed E-state index contributed by atoms with van der Waals surface area (Å²) in [5.74, 6) is -0.692. The highest BCUT2D eigenvalue weighted by Gasteiger charge is 2.54. The third-order valence-corrected chi connectivity index (χ3v) is 4.50. The fraction of sp³-hybridized carbons (Fsp3) is 0.136. The van der Waals surface area contributed by atoms with Gasteiger partial charge in [0.2, 0.25) is 0 Å². The number of fused-ring (bicyclic) bond motifs is 1. The number of benzene rings is 2. The first-order valence-corrected chi connectivity index (χ1v) is 9.74. The second-order valence-corrected chi connectivity index (χ2v) is 6.97. The van der Waals surface area contributed by atoms with Crippen LogP contribution in [0, 0.1) is 0 Å². The Morgan fingerprint density at radius 2 is 1.60 bits per heavy atom. The van der Waals surface area contributed by atoms with Crippen molar-refractivity contribution in [3.05, 3.63) is 72.1 Å². The minimum Gasteiger partial charge on any atom is -0.464 e. The number of rotatable bonds is 5. The van der Waals surface area contributed by atoms with Crippen molar-refractivity contribution in [2.24, 2.45) is 0 Å². The van der Waals surface area contributed by atoms with Gasteiger partial charge >= 0.3 is 24.4 Å². The van der Waals surface area contributed by atoms with Gasteiger partial charge in [0.15, 0.2) is 5.69 Å². The molecule has 2 amide bonds. The molecule has 0 fully saturated rings. The number of anilines is 2. The number of carbonyl (C=O) groups excluding carboxylic acids is 2. The number of carbonyl (C=O) groups is 2. The Labute approximate surface area is 194 Å². The topological polar surface area (TPSA) is 108 Å². The lowest BCUT2D eigenvalue weighted by Crippen LogP contribution is -2.41. The number of alkyl halides is 4. The molecule has 1 aliphatic heterocycles. The van der Waals surface area contributed by atoms with Crippen molar-refractivity contribution in [3.8, 4) is 17.2 Å². The third kappa shape index (κ3) is 5.58. The maximum Gasteiger partial charge on any atom is 0.540 e. The predicted octanol–water partition coefficient (Wildman–Crippen LogP) is 5.31. The normalized spacial score (nSPS) is 15.2. The number of aromatic nitrogens is 1. The van der Waals surface area contributed by atoms with E-state index in [4.69, 9.17) is 4.74 Å². The summed E-state index contributed by atoms with van der Waals surface area (Å²) < 4.78 is 71.7. The molecule has 0 saturated carbocycles. The van der Waals surface area contributed by atoms with Gasteiger partial charge in [-0.05, 0) is 48.5 Å². The minimum atomic E-state index is -4.49. The Morgan fingerprint density at radius 3 is 2.31 bits per heavy atom. The van der Waals surface area contributed by atoms with Crippen LogP contribution in [-0.2, 0) is 15.6 Å². The third-order valence-electron chi connectivity index (χ3n) is 4.50. The monoisotopic (exact) mass is 493 g/mol. The second kappa shape index (κ2) is 9.10. The number of halogens is 4. The molecule has 1 aromatic heterocycles. The lowest BCUT2D eigenvalue weighted by Gasteiger charge is -2.30. The molecule has 3 aromatic rings. The Hall–Kier alpha value is -4.39. The molecule has 2 heterocycles. The molecule has 0 unspecified atom stereocenters. The number of ether oxygens (including phenoxy) is 4. The molecule has 2 aromatic carbocycles. The van der Waals surface area contributed by atoms with E-state index in [9.17, 15) is 27.2 Å². The van der Waals surface area contributed by atoms with E-state index in [0.29, 0.717) is 17.2 Å². The van der Waals surface area contributed by atoms with Gasteiger partial charge in [-0.2, -0.15) is 8.78 Å². The van der Waals surface area contributed by atoms with E-state index in [1.165, 1.54) is 49.7 Å². The van der Waals surface area contributed by atoms with E-state index >= 15 is 0 Å². The zero-order valence-electron chi connectivity index (χ0n) is 17.7. The van der Waals surface area contributed by atoms with E-state index in [1.807, 2.05) is 0 Å². The predicted molar refractivity (Wildman–Crippen MR) is 112 cm³/mol. The molecule has 0 saturated heterocycles. The number of hydrogen-bond acceptors (Lipinski definition) is 7. The molecular formula is C22H15F4N3O6. The van der Waals surface area contributed by atoms with Gasteiger partial charge in [-0.25, -0.2) is 19.3 Å². The first kappa shape index (κ1) is 23.8. The Kier molecular flexibility index (Phi) is 6.18. The van der Waals surface area contributed by atoms with Crippen molar-refractivity contribution < 1.29 is 46.1 Å². The van der Waals surface area contributed by atoms with Crippen LogP contribution in [-0.4, -0.2) is 30.4 Å². The Balaban J connectivity index is 1.39. The standard InChI is InChI=1S/C22H15F4N3O6/c1-32-19(30)17-11-15(8-9-27-17)33-14-5-2-12(3-6-14)28-20(31)29-13-4-7-18-16(10-13)21(23,24)35-22(25,26)34-18/h2-11H,1H3,(H2,28,29,31). The van der Waals surface area contributed by atoms with Gasteiger partial charge in [0.1, 0.15) is 17.2 Å². The maximum atomic E-state index is 13.9. The van der Waals surface area contributed by atoms with Crippen LogP contribution in [0.4, 0.5) is 33.7 Å². The van der Waals surface area contributed by atoms with Crippen LogP contribution < -0.4 is 20.1 Å². The summed E-state index contributed by atoms with van der Waals surface area (Å²) in [6.07, 6.45) is -7.44. The average molecular weight is 493 g/mol. The Morgan fingerprint density at radius 1 is 0.914 bits per heavy atom. The lowest BCUT2D eigenvalue weighted by atomic mass is 10.1. The van der Waals surface area contributed by atoms with Gasteiger partial charge in [-0.3, -0.25) is 0 Å². The summed E-state index contributed by atoms with van der Waals surface area (Å²) in [6, 6.07) is 10.9. The van der Waals surface area contributed by atoms with Gasteiger partial charge in [0.25, 0.3) is 0 Å². The van der Waals surface area contributed by atoms with Gasteiger partial charge in [-0.1, -0.05) is 0 Å². The highest BCUT2D eigenvalue weighted by molar-refractivity contribution is 5.99. The minimum absolute atomic E-state index is 0.0618. The number of urea groups is 1. The van der Waals surface area contributed by atoms with Gasteiger partial charge in [-0.15, -0.1) is 8.78 Å². The zero-order valence-corrected chi connectivity index (χ0v) is 17.7. The maximum absolute atomic E-state index is 13.9. The van der Waals surface area contributed by atoms with Crippen LogP contribution in [0.15, 0.2) is 60.8 Å². The molecule has 0 radical (unpaired) electrons. The lowest BCUT2D eigenvalue weighted by molar-refractivity contribution is -0.461. The summed E-state index contributed by atoms with van der Waals surface area (Å²) >= 11 is 0. The average Bonchev–Trinajstić information content (AvgIpc) is 2.79. The molecule has 0 spiro atoms. The summed E-state index contributed by atoms with van der Waals surface area (Å²) in [5.41, 5.74) is -0.687. The smallest absolute Gasteiger partial charge is 0.464 e. The highest BCUT2D eigenvalue weighted by Crippen LogP contribution is 2.46. The molecule has 0 bridgehead atoms. The van der Waals surface area contributed by atoms with Crippen molar-refractivity contribution >= 4 is 23.4 Å². The van der Waals surface area contributed by atoms with Crippen LogP contribution >= 0.6 is 0 Å². The molecule has 182 valence electrons. The van der Waals surface area contributed by atoms with E-state index in [1.54, 1.807) is 0 Å². The van der Waals surface area contributed by atoms with Crippen LogP contribution in [0.2, 0.25) is 0 Å². The molecule has 0 atom stereocenters. The summed E-state index contributed by atoms with van der Waals surface area (Å²) in [4.78, 5) is 27.7. The largest absolute Gasteiger partial charge is 0.540 e. The fourth-order valence-electron chi connectivity index (χ4n) is 3.00. The molecule has 4 rings (SSSR count). The van der Waals surface area contributed by atoms with Crippen LogP contribution in [0.5, 0.6) is 17.2 Å². The fourth-order valence-corrected chi connectivity index (χ4v) is 3.00. The van der Waals surface area contributed by atoms with Crippen LogP contribution in [0.3, 0.4) is 0 Å². The van der Waals surface area contributed by atoms with Gasteiger partial charge in [0, 0.05) is 23.6 Å². The van der Waals surface area contributed by atoms with Crippen molar-refractivity contribution in [3.63, 3.8) is 0 Å². The van der Waals surface area contributed by atoms with Crippen LogP contribution in [0.25, 0.3) is 0 Å². The van der Waals surface area contributed by atoms with E-state index in [-0.39, 0.29) is 11.4 Å². The number of methoxy groups -OCH3 is 1. The molecule has 13 heteroatoms. The SMILES string of the molecule is COC(=O)c1cc(Oc2ccc(NC(=O)Nc3ccc4c(c3)C(F)(F)OC(F)(F)O4)cc2)ccn1. The summed E-state index contributed by atoms with van der Waals surface area (Å²) in [7, 11) is 1.23. The van der Waals surface area contributed by atoms with Crippen molar-refractivity contribution in [2.75, 3.05) is 17.7 Å². The van der Waals surface area contributed by atoms with Crippen molar-refractivity contribution in [1.29, 1.82) is 0 Å². The van der Waals surface area contributed by atoms with Crippen molar-refractivity contribution in [2.45, 2.75) is 12.4 Å². The number of amides is 2. The summed E-state index contributed by atoms with van der Waals surface area (Å²) in [6.45, 7) is 0. The van der Waals surface area contributed by atoms with E-state index in [0.717, 1.165) is 18.2 Å². The number of esters is 1. The van der Waals surface area contributed by atoms with E-state index in [2.05, 4.69) is 29.8 Å². The number of nitrogens with one attached hydrogen (secondary N) is 2.